The maximum atomic E-state index is 12.6. The smallest absolute Gasteiger partial charge is 0.225 e. The van der Waals surface area contributed by atoms with E-state index in [0.29, 0.717) is 17.9 Å². The molecule has 0 radical (unpaired) electrons. The number of carbonyl (C=O) groups is 1. The average Bonchev–Trinajstić information content (AvgIpc) is 3.33. The highest BCUT2D eigenvalue weighted by Crippen LogP contribution is 2.27. The minimum Gasteiger partial charge on any atom is -0.357 e. The molecule has 3 fully saturated rings. The van der Waals surface area contributed by atoms with Crippen molar-refractivity contribution in [3.8, 4) is 0 Å². The van der Waals surface area contributed by atoms with Gasteiger partial charge in [-0.15, -0.1) is 24.0 Å². The summed E-state index contributed by atoms with van der Waals surface area (Å²) < 4.78 is 0. The third kappa shape index (κ3) is 8.23. The zero-order valence-corrected chi connectivity index (χ0v) is 20.7. The average molecular weight is 520 g/mol. The second-order valence-electron chi connectivity index (χ2n) is 8.77. The van der Waals surface area contributed by atoms with Crippen LogP contribution in [0.1, 0.15) is 71.1 Å². The summed E-state index contributed by atoms with van der Waals surface area (Å²) >= 11 is 0. The number of amides is 1. The van der Waals surface area contributed by atoms with Gasteiger partial charge in [-0.25, -0.2) is 0 Å². The number of likely N-dealkylation sites (tertiary alicyclic amines) is 2. The van der Waals surface area contributed by atoms with Crippen molar-refractivity contribution in [2.45, 2.75) is 77.2 Å². The van der Waals surface area contributed by atoms with Crippen molar-refractivity contribution in [2.24, 2.45) is 10.9 Å². The topological polar surface area (TPSA) is 60.0 Å². The van der Waals surface area contributed by atoms with E-state index in [1.165, 1.54) is 51.6 Å². The molecule has 3 rings (SSSR count). The lowest BCUT2D eigenvalue weighted by Crippen LogP contribution is -2.45. The summed E-state index contributed by atoms with van der Waals surface area (Å²) in [5.41, 5.74) is 0. The van der Waals surface area contributed by atoms with Crippen molar-refractivity contribution < 1.29 is 4.79 Å². The fourth-order valence-electron chi connectivity index (χ4n) is 4.87. The van der Waals surface area contributed by atoms with Gasteiger partial charge in [0.15, 0.2) is 5.96 Å². The molecule has 0 aromatic rings. The Labute approximate surface area is 194 Å². The zero-order valence-electron chi connectivity index (χ0n) is 18.3. The van der Waals surface area contributed by atoms with E-state index < -0.39 is 0 Å². The largest absolute Gasteiger partial charge is 0.357 e. The fourth-order valence-corrected chi connectivity index (χ4v) is 4.87. The minimum absolute atomic E-state index is 0. The molecule has 7 heteroatoms. The lowest BCUT2D eigenvalue weighted by Gasteiger charge is -2.22. The van der Waals surface area contributed by atoms with Crippen LogP contribution in [0.4, 0.5) is 0 Å². The molecule has 6 nitrogen and oxygen atoms in total. The molecule has 1 aliphatic carbocycles. The third-order valence-electron chi connectivity index (χ3n) is 6.49. The molecule has 2 N–H and O–H groups in total. The highest BCUT2D eigenvalue weighted by Gasteiger charge is 2.32. The summed E-state index contributed by atoms with van der Waals surface area (Å²) in [6.45, 7) is 9.24. The molecule has 2 aliphatic heterocycles. The quantitative estimate of drug-likeness (QED) is 0.235. The highest BCUT2D eigenvalue weighted by atomic mass is 127. The normalized spacial score (nSPS) is 24.2. The van der Waals surface area contributed by atoms with Crippen LogP contribution in [0.2, 0.25) is 0 Å². The van der Waals surface area contributed by atoms with E-state index in [1.807, 2.05) is 0 Å². The summed E-state index contributed by atoms with van der Waals surface area (Å²) in [4.78, 5) is 22.1. The number of aliphatic imine (C=N–C) groups is 1. The van der Waals surface area contributed by atoms with Gasteiger partial charge in [-0.3, -0.25) is 9.79 Å². The van der Waals surface area contributed by atoms with Crippen molar-refractivity contribution in [3.05, 3.63) is 0 Å². The van der Waals surface area contributed by atoms with Crippen LogP contribution in [0, 0.1) is 5.92 Å². The lowest BCUT2D eigenvalue weighted by atomic mass is 10.1. The van der Waals surface area contributed by atoms with Gasteiger partial charge in [0, 0.05) is 38.1 Å². The molecule has 2 heterocycles. The summed E-state index contributed by atoms with van der Waals surface area (Å²) in [7, 11) is 0. The first kappa shape index (κ1) is 24.7. The zero-order chi connectivity index (χ0) is 19.6. The Morgan fingerprint density at radius 1 is 1.00 bits per heavy atom. The van der Waals surface area contributed by atoms with Crippen LogP contribution < -0.4 is 10.6 Å². The molecule has 2 saturated heterocycles. The van der Waals surface area contributed by atoms with E-state index in [-0.39, 0.29) is 24.0 Å². The first-order valence-corrected chi connectivity index (χ1v) is 11.8. The molecule has 0 spiro atoms. The number of nitrogens with zero attached hydrogens (tertiary/aromatic N) is 3. The standard InChI is InChI=1S/C22H41N5O.HI/c1-2-23-22(24-13-9-16-26-14-7-3-4-8-15-26)25-20-12-17-27(18-20)21(28)19-10-5-6-11-19;/h19-20H,2-18H2,1H3,(H2,23,24,25);1H. The van der Waals surface area contributed by atoms with Gasteiger partial charge in [0.05, 0.1) is 0 Å². The predicted molar refractivity (Wildman–Crippen MR) is 131 cm³/mol. The van der Waals surface area contributed by atoms with Crippen LogP contribution in [0.25, 0.3) is 0 Å². The molecule has 1 saturated carbocycles. The van der Waals surface area contributed by atoms with Gasteiger partial charge in [0.25, 0.3) is 0 Å². The number of guanidine groups is 1. The Morgan fingerprint density at radius 3 is 2.41 bits per heavy atom. The van der Waals surface area contributed by atoms with Crippen molar-refractivity contribution in [1.29, 1.82) is 0 Å². The molecule has 0 aromatic carbocycles. The first-order chi connectivity index (χ1) is 13.8. The maximum absolute atomic E-state index is 12.6. The Kier molecular flexibility index (Phi) is 11.6. The Bertz CT molecular complexity index is 501. The lowest BCUT2D eigenvalue weighted by molar-refractivity contribution is -0.134. The number of nitrogens with one attached hydrogen (secondary N) is 2. The van der Waals surface area contributed by atoms with E-state index in [2.05, 4.69) is 27.4 Å². The number of hydrogen-bond donors (Lipinski definition) is 2. The van der Waals surface area contributed by atoms with Gasteiger partial charge in [-0.05, 0) is 65.1 Å². The molecule has 3 aliphatic rings. The molecule has 1 atom stereocenters. The molecule has 29 heavy (non-hydrogen) atoms. The number of carbonyl (C=O) groups excluding carboxylic acids is 1. The maximum Gasteiger partial charge on any atom is 0.225 e. The minimum atomic E-state index is 0. The van der Waals surface area contributed by atoms with Gasteiger partial charge in [0.2, 0.25) is 5.91 Å². The van der Waals surface area contributed by atoms with Gasteiger partial charge in [-0.1, -0.05) is 25.7 Å². The molecule has 168 valence electrons. The Hall–Kier alpha value is -0.570. The van der Waals surface area contributed by atoms with E-state index in [9.17, 15) is 4.79 Å². The highest BCUT2D eigenvalue weighted by molar-refractivity contribution is 14.0. The van der Waals surface area contributed by atoms with Crippen LogP contribution in [0.5, 0.6) is 0 Å². The number of halogens is 1. The van der Waals surface area contributed by atoms with E-state index >= 15 is 0 Å². The van der Waals surface area contributed by atoms with Crippen molar-refractivity contribution in [1.82, 2.24) is 20.4 Å². The second-order valence-corrected chi connectivity index (χ2v) is 8.77. The van der Waals surface area contributed by atoms with Crippen molar-refractivity contribution in [2.75, 3.05) is 45.8 Å². The SMILES string of the molecule is CCNC(=NCCCN1CCCCCC1)NC1CCN(C(=O)C2CCCC2)C1.I. The van der Waals surface area contributed by atoms with Crippen LogP contribution in [-0.4, -0.2) is 73.5 Å². The summed E-state index contributed by atoms with van der Waals surface area (Å²) in [5.74, 6) is 1.60. The number of rotatable bonds is 7. The monoisotopic (exact) mass is 519 g/mol. The molecular weight excluding hydrogens is 477 g/mol. The predicted octanol–water partition coefficient (Wildman–Crippen LogP) is 3.22. The molecule has 0 bridgehead atoms. The van der Waals surface area contributed by atoms with Crippen LogP contribution in [-0.2, 0) is 4.79 Å². The van der Waals surface area contributed by atoms with Gasteiger partial charge in [0.1, 0.15) is 0 Å². The van der Waals surface area contributed by atoms with Gasteiger partial charge >= 0.3 is 0 Å². The van der Waals surface area contributed by atoms with Gasteiger partial charge in [-0.2, -0.15) is 0 Å². The molecule has 0 aromatic heterocycles. The van der Waals surface area contributed by atoms with Crippen LogP contribution in [0.3, 0.4) is 0 Å². The van der Waals surface area contributed by atoms with Crippen molar-refractivity contribution in [3.63, 3.8) is 0 Å². The summed E-state index contributed by atoms with van der Waals surface area (Å²) in [5, 5.41) is 6.95. The molecule has 1 amide bonds. The second kappa shape index (κ2) is 13.7. The summed E-state index contributed by atoms with van der Waals surface area (Å²) in [6.07, 6.45) is 12.3. The van der Waals surface area contributed by atoms with E-state index in [1.54, 1.807) is 0 Å². The van der Waals surface area contributed by atoms with E-state index in [0.717, 1.165) is 64.4 Å². The molecular formula is C22H42IN5O. The Morgan fingerprint density at radius 2 is 1.72 bits per heavy atom. The number of hydrogen-bond acceptors (Lipinski definition) is 3. The van der Waals surface area contributed by atoms with Crippen LogP contribution in [0.15, 0.2) is 4.99 Å². The van der Waals surface area contributed by atoms with Gasteiger partial charge < -0.3 is 20.4 Å². The summed E-state index contributed by atoms with van der Waals surface area (Å²) in [6, 6.07) is 0.328. The van der Waals surface area contributed by atoms with Crippen molar-refractivity contribution >= 4 is 35.8 Å². The Balaban J connectivity index is 0.00000300. The molecule has 1 unspecified atom stereocenters. The fraction of sp³-hybridized carbons (Fsp3) is 0.909. The van der Waals surface area contributed by atoms with E-state index in [4.69, 9.17) is 4.99 Å². The van der Waals surface area contributed by atoms with Crippen LogP contribution >= 0.6 is 24.0 Å². The first-order valence-electron chi connectivity index (χ1n) is 11.8. The third-order valence-corrected chi connectivity index (χ3v) is 6.49.